The summed E-state index contributed by atoms with van der Waals surface area (Å²) in [5.74, 6) is 0. The van der Waals surface area contributed by atoms with Gasteiger partial charge in [-0.2, -0.15) is 0 Å². The molecule has 2 N–H and O–H groups in total. The molecule has 0 saturated carbocycles. The van der Waals surface area contributed by atoms with Gasteiger partial charge in [0.25, 0.3) is 0 Å². The minimum atomic E-state index is 0.214. The van der Waals surface area contributed by atoms with Gasteiger partial charge in [-0.1, -0.05) is 20.8 Å². The summed E-state index contributed by atoms with van der Waals surface area (Å²) in [6, 6.07) is 0. The molecule has 0 bridgehead atoms. The third-order valence-corrected chi connectivity index (χ3v) is 3.30. The molecule has 1 rings (SSSR count). The standard InChI is InChI=1S/C10H21NO/c1-9(2,3)10(7-11)5-4-6-12-8-10/h4-8,11H2,1-3H3. The molecule has 72 valence electrons. The first kappa shape index (κ1) is 10.0. The van der Waals surface area contributed by atoms with Crippen molar-refractivity contribution in [3.05, 3.63) is 0 Å². The Morgan fingerprint density at radius 2 is 2.08 bits per heavy atom. The molecule has 1 aliphatic heterocycles. The van der Waals surface area contributed by atoms with Gasteiger partial charge in [0.2, 0.25) is 0 Å². The summed E-state index contributed by atoms with van der Waals surface area (Å²) < 4.78 is 5.52. The van der Waals surface area contributed by atoms with E-state index in [1.807, 2.05) is 0 Å². The van der Waals surface area contributed by atoms with Gasteiger partial charge in [-0.3, -0.25) is 0 Å². The largest absolute Gasteiger partial charge is 0.381 e. The molecule has 1 atom stereocenters. The van der Waals surface area contributed by atoms with Gasteiger partial charge in [-0.05, 0) is 18.3 Å². The van der Waals surface area contributed by atoms with Crippen molar-refractivity contribution in [2.45, 2.75) is 33.6 Å². The van der Waals surface area contributed by atoms with Crippen LogP contribution >= 0.6 is 0 Å². The van der Waals surface area contributed by atoms with Crippen molar-refractivity contribution in [2.75, 3.05) is 19.8 Å². The maximum absolute atomic E-state index is 5.84. The van der Waals surface area contributed by atoms with Crippen LogP contribution < -0.4 is 5.73 Å². The first-order valence-corrected chi connectivity index (χ1v) is 4.80. The van der Waals surface area contributed by atoms with Crippen molar-refractivity contribution in [1.29, 1.82) is 0 Å². The Hall–Kier alpha value is -0.0800. The van der Waals surface area contributed by atoms with E-state index in [4.69, 9.17) is 10.5 Å². The van der Waals surface area contributed by atoms with Crippen LogP contribution in [0.2, 0.25) is 0 Å². The Balaban J connectivity index is 2.73. The zero-order valence-corrected chi connectivity index (χ0v) is 8.52. The Morgan fingerprint density at radius 3 is 2.33 bits per heavy atom. The highest BCUT2D eigenvalue weighted by atomic mass is 16.5. The summed E-state index contributed by atoms with van der Waals surface area (Å²) in [7, 11) is 0. The maximum Gasteiger partial charge on any atom is 0.0539 e. The summed E-state index contributed by atoms with van der Waals surface area (Å²) in [5, 5.41) is 0. The number of hydrogen-bond donors (Lipinski definition) is 1. The smallest absolute Gasteiger partial charge is 0.0539 e. The van der Waals surface area contributed by atoms with Crippen LogP contribution in [0.5, 0.6) is 0 Å². The lowest BCUT2D eigenvalue weighted by Gasteiger charge is -2.46. The van der Waals surface area contributed by atoms with Gasteiger partial charge in [0, 0.05) is 18.6 Å². The quantitative estimate of drug-likeness (QED) is 0.653. The Bertz CT molecular complexity index is 142. The van der Waals surface area contributed by atoms with Crippen LogP contribution in [0.4, 0.5) is 0 Å². The second-order valence-corrected chi connectivity index (χ2v) is 4.89. The molecular formula is C10H21NO. The van der Waals surface area contributed by atoms with E-state index in [0.29, 0.717) is 0 Å². The zero-order valence-electron chi connectivity index (χ0n) is 8.52. The fraction of sp³-hybridized carbons (Fsp3) is 1.00. The fourth-order valence-corrected chi connectivity index (χ4v) is 1.91. The van der Waals surface area contributed by atoms with E-state index in [-0.39, 0.29) is 10.8 Å². The van der Waals surface area contributed by atoms with Crippen molar-refractivity contribution < 1.29 is 4.74 Å². The van der Waals surface area contributed by atoms with E-state index in [9.17, 15) is 0 Å². The van der Waals surface area contributed by atoms with Gasteiger partial charge in [0.1, 0.15) is 0 Å². The van der Waals surface area contributed by atoms with Gasteiger partial charge in [-0.15, -0.1) is 0 Å². The third kappa shape index (κ3) is 1.64. The number of ether oxygens (including phenoxy) is 1. The summed E-state index contributed by atoms with van der Waals surface area (Å²) >= 11 is 0. The summed E-state index contributed by atoms with van der Waals surface area (Å²) in [6.07, 6.45) is 2.38. The third-order valence-electron chi connectivity index (χ3n) is 3.30. The van der Waals surface area contributed by atoms with Crippen molar-refractivity contribution in [1.82, 2.24) is 0 Å². The van der Waals surface area contributed by atoms with E-state index in [0.717, 1.165) is 26.2 Å². The molecule has 1 fully saturated rings. The zero-order chi connectivity index (χ0) is 9.24. The maximum atomic E-state index is 5.84. The van der Waals surface area contributed by atoms with Gasteiger partial charge < -0.3 is 10.5 Å². The number of hydrogen-bond acceptors (Lipinski definition) is 2. The summed E-state index contributed by atoms with van der Waals surface area (Å²) in [5.41, 5.74) is 6.32. The molecule has 1 unspecified atom stereocenters. The summed E-state index contributed by atoms with van der Waals surface area (Å²) in [4.78, 5) is 0. The number of rotatable bonds is 1. The fourth-order valence-electron chi connectivity index (χ4n) is 1.91. The monoisotopic (exact) mass is 171 g/mol. The first-order valence-electron chi connectivity index (χ1n) is 4.80. The van der Waals surface area contributed by atoms with Crippen molar-refractivity contribution >= 4 is 0 Å². The van der Waals surface area contributed by atoms with Crippen LogP contribution in [-0.4, -0.2) is 19.8 Å². The predicted octanol–water partition coefficient (Wildman–Crippen LogP) is 1.79. The average Bonchev–Trinajstić information content (AvgIpc) is 2.04. The van der Waals surface area contributed by atoms with Crippen LogP contribution in [0.1, 0.15) is 33.6 Å². The Labute approximate surface area is 75.5 Å². The second-order valence-electron chi connectivity index (χ2n) is 4.89. The van der Waals surface area contributed by atoms with E-state index in [2.05, 4.69) is 20.8 Å². The van der Waals surface area contributed by atoms with Crippen LogP contribution in [0.15, 0.2) is 0 Å². The molecule has 0 amide bonds. The lowest BCUT2D eigenvalue weighted by Crippen LogP contribution is -2.48. The van der Waals surface area contributed by atoms with Gasteiger partial charge in [0.05, 0.1) is 6.61 Å². The van der Waals surface area contributed by atoms with Gasteiger partial charge >= 0.3 is 0 Å². The average molecular weight is 171 g/mol. The van der Waals surface area contributed by atoms with Crippen LogP contribution in [-0.2, 0) is 4.74 Å². The van der Waals surface area contributed by atoms with Crippen LogP contribution in [0, 0.1) is 10.8 Å². The lowest BCUT2D eigenvalue weighted by atomic mass is 9.64. The molecule has 0 radical (unpaired) electrons. The molecule has 1 saturated heterocycles. The highest BCUT2D eigenvalue weighted by molar-refractivity contribution is 4.92. The van der Waals surface area contributed by atoms with Crippen molar-refractivity contribution in [2.24, 2.45) is 16.6 Å². The molecule has 2 nitrogen and oxygen atoms in total. The SMILES string of the molecule is CC(C)(C)C1(CN)CCCOC1. The van der Waals surface area contributed by atoms with Gasteiger partial charge in [-0.25, -0.2) is 0 Å². The highest BCUT2D eigenvalue weighted by Gasteiger charge is 2.42. The molecule has 0 aliphatic carbocycles. The van der Waals surface area contributed by atoms with Crippen molar-refractivity contribution in [3.63, 3.8) is 0 Å². The van der Waals surface area contributed by atoms with E-state index in [1.165, 1.54) is 6.42 Å². The van der Waals surface area contributed by atoms with Crippen LogP contribution in [0.3, 0.4) is 0 Å². The molecule has 0 aromatic carbocycles. The minimum Gasteiger partial charge on any atom is -0.381 e. The Kier molecular flexibility index (Phi) is 2.79. The minimum absolute atomic E-state index is 0.214. The lowest BCUT2D eigenvalue weighted by molar-refractivity contribution is -0.0637. The molecule has 0 spiro atoms. The highest BCUT2D eigenvalue weighted by Crippen LogP contribution is 2.43. The van der Waals surface area contributed by atoms with E-state index >= 15 is 0 Å². The van der Waals surface area contributed by atoms with Gasteiger partial charge in [0.15, 0.2) is 0 Å². The Morgan fingerprint density at radius 1 is 1.42 bits per heavy atom. The topological polar surface area (TPSA) is 35.2 Å². The second kappa shape index (κ2) is 3.35. The molecule has 0 aromatic rings. The molecule has 2 heteroatoms. The van der Waals surface area contributed by atoms with Crippen LogP contribution in [0.25, 0.3) is 0 Å². The molecule has 1 heterocycles. The van der Waals surface area contributed by atoms with E-state index < -0.39 is 0 Å². The molecule has 0 aromatic heterocycles. The molecular weight excluding hydrogens is 150 g/mol. The first-order chi connectivity index (χ1) is 5.52. The predicted molar refractivity (Wildman–Crippen MR) is 51.0 cm³/mol. The number of nitrogens with two attached hydrogens (primary N) is 1. The van der Waals surface area contributed by atoms with E-state index in [1.54, 1.807) is 0 Å². The molecule has 12 heavy (non-hydrogen) atoms. The van der Waals surface area contributed by atoms with Crippen molar-refractivity contribution in [3.8, 4) is 0 Å². The summed E-state index contributed by atoms with van der Waals surface area (Å²) in [6.45, 7) is 9.28. The molecule has 1 aliphatic rings. The normalized spacial score (nSPS) is 32.0.